The van der Waals surface area contributed by atoms with Gasteiger partial charge in [0.15, 0.2) is 5.82 Å². The predicted octanol–water partition coefficient (Wildman–Crippen LogP) is 1.18. The van der Waals surface area contributed by atoms with Crippen molar-refractivity contribution < 1.29 is 14.3 Å². The highest BCUT2D eigenvalue weighted by Crippen LogP contribution is 2.14. The molecule has 0 radical (unpaired) electrons. The lowest BCUT2D eigenvalue weighted by Crippen LogP contribution is -2.04. The summed E-state index contributed by atoms with van der Waals surface area (Å²) >= 11 is 0. The third-order valence-corrected chi connectivity index (χ3v) is 2.45. The first kappa shape index (κ1) is 12.1. The molecule has 0 saturated carbocycles. The first-order valence-corrected chi connectivity index (χ1v) is 5.35. The summed E-state index contributed by atoms with van der Waals surface area (Å²) < 4.78 is 11.9. The van der Waals surface area contributed by atoms with E-state index in [2.05, 4.69) is 14.9 Å². The Balaban J connectivity index is 1.98. The average Bonchev–Trinajstić information content (AvgIpc) is 2.81. The molecular formula is C12H13N3O3. The molecule has 0 bridgehead atoms. The molecule has 6 nitrogen and oxygen atoms in total. The average molecular weight is 247 g/mol. The van der Waals surface area contributed by atoms with Crippen LogP contribution in [0.4, 0.5) is 0 Å². The predicted molar refractivity (Wildman–Crippen MR) is 63.1 cm³/mol. The van der Waals surface area contributed by atoms with Crippen LogP contribution in [-0.4, -0.2) is 27.8 Å². The van der Waals surface area contributed by atoms with E-state index in [0.717, 1.165) is 5.82 Å². The van der Waals surface area contributed by atoms with Gasteiger partial charge in [-0.15, -0.1) is 10.2 Å². The number of carbonyl (C=O) groups is 1. The van der Waals surface area contributed by atoms with Crippen LogP contribution in [0.3, 0.4) is 0 Å². The number of aromatic nitrogens is 3. The van der Waals surface area contributed by atoms with Crippen molar-refractivity contribution in [3.05, 3.63) is 42.0 Å². The van der Waals surface area contributed by atoms with Crippen LogP contribution in [0.25, 0.3) is 0 Å². The van der Waals surface area contributed by atoms with Crippen LogP contribution in [-0.2, 0) is 18.4 Å². The van der Waals surface area contributed by atoms with Crippen LogP contribution in [0.15, 0.2) is 30.6 Å². The van der Waals surface area contributed by atoms with E-state index in [1.54, 1.807) is 35.2 Å². The van der Waals surface area contributed by atoms with Gasteiger partial charge in [-0.05, 0) is 24.3 Å². The van der Waals surface area contributed by atoms with Gasteiger partial charge in [-0.25, -0.2) is 4.79 Å². The molecular weight excluding hydrogens is 234 g/mol. The Bertz CT molecular complexity index is 534. The topological polar surface area (TPSA) is 66.2 Å². The molecule has 0 unspecified atom stereocenters. The van der Waals surface area contributed by atoms with E-state index in [1.807, 2.05) is 7.05 Å². The van der Waals surface area contributed by atoms with Gasteiger partial charge in [0.25, 0.3) is 0 Å². The van der Waals surface area contributed by atoms with Crippen molar-refractivity contribution in [1.29, 1.82) is 0 Å². The Morgan fingerprint density at radius 3 is 2.61 bits per heavy atom. The normalized spacial score (nSPS) is 10.1. The molecule has 94 valence electrons. The second kappa shape index (κ2) is 5.31. The third kappa shape index (κ3) is 2.65. The quantitative estimate of drug-likeness (QED) is 0.759. The lowest BCUT2D eigenvalue weighted by Gasteiger charge is -2.06. The Labute approximate surface area is 104 Å². The van der Waals surface area contributed by atoms with E-state index < -0.39 is 0 Å². The van der Waals surface area contributed by atoms with Gasteiger partial charge in [0.2, 0.25) is 0 Å². The van der Waals surface area contributed by atoms with Gasteiger partial charge in [-0.3, -0.25) is 0 Å². The maximum absolute atomic E-state index is 11.2. The highest BCUT2D eigenvalue weighted by Gasteiger charge is 2.05. The molecule has 0 aliphatic carbocycles. The van der Waals surface area contributed by atoms with Crippen molar-refractivity contribution in [3.63, 3.8) is 0 Å². The van der Waals surface area contributed by atoms with Crippen LogP contribution in [0.2, 0.25) is 0 Å². The van der Waals surface area contributed by atoms with Crippen LogP contribution < -0.4 is 4.74 Å². The molecule has 2 rings (SSSR count). The standard InChI is InChI=1S/C12H13N3O3/c1-15-8-13-14-11(15)7-18-10-5-3-9(4-6-10)12(16)17-2/h3-6,8H,7H2,1-2H3. The largest absolute Gasteiger partial charge is 0.486 e. The van der Waals surface area contributed by atoms with Gasteiger partial charge < -0.3 is 14.0 Å². The van der Waals surface area contributed by atoms with Gasteiger partial charge in [0.1, 0.15) is 18.7 Å². The molecule has 2 aromatic rings. The van der Waals surface area contributed by atoms with Crippen LogP contribution in [0, 0.1) is 0 Å². The second-order valence-electron chi connectivity index (χ2n) is 3.66. The summed E-state index contributed by atoms with van der Waals surface area (Å²) in [6.07, 6.45) is 1.61. The number of hydrogen-bond acceptors (Lipinski definition) is 5. The first-order chi connectivity index (χ1) is 8.70. The van der Waals surface area contributed by atoms with E-state index >= 15 is 0 Å². The zero-order chi connectivity index (χ0) is 13.0. The van der Waals surface area contributed by atoms with Crippen molar-refractivity contribution >= 4 is 5.97 Å². The summed E-state index contributed by atoms with van der Waals surface area (Å²) in [5.74, 6) is 1.02. The summed E-state index contributed by atoms with van der Waals surface area (Å²) in [7, 11) is 3.19. The van der Waals surface area contributed by atoms with Crippen LogP contribution in [0.5, 0.6) is 5.75 Å². The lowest BCUT2D eigenvalue weighted by molar-refractivity contribution is 0.0600. The van der Waals surface area contributed by atoms with Crippen molar-refractivity contribution in [3.8, 4) is 5.75 Å². The number of nitrogens with zero attached hydrogens (tertiary/aromatic N) is 3. The molecule has 0 N–H and O–H groups in total. The molecule has 0 fully saturated rings. The third-order valence-electron chi connectivity index (χ3n) is 2.45. The summed E-state index contributed by atoms with van der Waals surface area (Å²) in [6, 6.07) is 6.72. The number of aryl methyl sites for hydroxylation is 1. The van der Waals surface area contributed by atoms with E-state index in [1.165, 1.54) is 7.11 Å². The van der Waals surface area contributed by atoms with E-state index in [0.29, 0.717) is 17.9 Å². The fraction of sp³-hybridized carbons (Fsp3) is 0.250. The molecule has 6 heteroatoms. The highest BCUT2D eigenvalue weighted by molar-refractivity contribution is 5.89. The molecule has 0 spiro atoms. The number of methoxy groups -OCH3 is 1. The second-order valence-corrected chi connectivity index (χ2v) is 3.66. The summed E-state index contributed by atoms with van der Waals surface area (Å²) in [4.78, 5) is 11.2. The number of rotatable bonds is 4. The zero-order valence-corrected chi connectivity index (χ0v) is 10.2. The lowest BCUT2D eigenvalue weighted by atomic mass is 10.2. The highest BCUT2D eigenvalue weighted by atomic mass is 16.5. The van der Waals surface area contributed by atoms with Gasteiger partial charge >= 0.3 is 5.97 Å². The molecule has 0 aliphatic heterocycles. The van der Waals surface area contributed by atoms with Gasteiger partial charge in [0, 0.05) is 7.05 Å². The van der Waals surface area contributed by atoms with E-state index in [9.17, 15) is 4.79 Å². The number of esters is 1. The fourth-order valence-corrected chi connectivity index (χ4v) is 1.39. The van der Waals surface area contributed by atoms with E-state index in [4.69, 9.17) is 4.74 Å². The molecule has 1 heterocycles. The molecule has 0 saturated heterocycles. The number of benzene rings is 1. The molecule has 0 aliphatic rings. The minimum Gasteiger partial charge on any atom is -0.486 e. The van der Waals surface area contributed by atoms with Gasteiger partial charge in [-0.2, -0.15) is 0 Å². The monoisotopic (exact) mass is 247 g/mol. The Kier molecular flexibility index (Phi) is 3.57. The SMILES string of the molecule is COC(=O)c1ccc(OCc2nncn2C)cc1. The first-order valence-electron chi connectivity index (χ1n) is 5.35. The van der Waals surface area contributed by atoms with Crippen LogP contribution in [0.1, 0.15) is 16.2 Å². The van der Waals surface area contributed by atoms with Crippen molar-refractivity contribution in [2.24, 2.45) is 7.05 Å². The Hall–Kier alpha value is -2.37. The van der Waals surface area contributed by atoms with E-state index in [-0.39, 0.29) is 5.97 Å². The number of ether oxygens (including phenoxy) is 2. The minimum atomic E-state index is -0.366. The fourth-order valence-electron chi connectivity index (χ4n) is 1.39. The Morgan fingerprint density at radius 1 is 1.33 bits per heavy atom. The number of carbonyl (C=O) groups excluding carboxylic acids is 1. The molecule has 0 atom stereocenters. The zero-order valence-electron chi connectivity index (χ0n) is 10.2. The molecule has 18 heavy (non-hydrogen) atoms. The summed E-state index contributed by atoms with van der Waals surface area (Å²) in [5, 5.41) is 7.66. The van der Waals surface area contributed by atoms with Gasteiger partial charge in [0.05, 0.1) is 12.7 Å². The van der Waals surface area contributed by atoms with Crippen molar-refractivity contribution in [2.45, 2.75) is 6.61 Å². The summed E-state index contributed by atoms with van der Waals surface area (Å²) in [5.41, 5.74) is 0.489. The van der Waals surface area contributed by atoms with Crippen molar-refractivity contribution in [2.75, 3.05) is 7.11 Å². The smallest absolute Gasteiger partial charge is 0.337 e. The van der Waals surface area contributed by atoms with Gasteiger partial charge in [-0.1, -0.05) is 0 Å². The summed E-state index contributed by atoms with van der Waals surface area (Å²) in [6.45, 7) is 0.327. The van der Waals surface area contributed by atoms with Crippen molar-refractivity contribution in [1.82, 2.24) is 14.8 Å². The Morgan fingerprint density at radius 2 is 2.06 bits per heavy atom. The van der Waals surface area contributed by atoms with Crippen LogP contribution >= 0.6 is 0 Å². The maximum Gasteiger partial charge on any atom is 0.337 e. The molecule has 1 aromatic heterocycles. The minimum absolute atomic E-state index is 0.327. The molecule has 0 amide bonds. The number of hydrogen-bond donors (Lipinski definition) is 0. The maximum atomic E-state index is 11.2. The molecule has 1 aromatic carbocycles.